The van der Waals surface area contributed by atoms with E-state index >= 15 is 0 Å². The number of thiophene rings is 1. The summed E-state index contributed by atoms with van der Waals surface area (Å²) in [7, 11) is 1.57. The van der Waals surface area contributed by atoms with Crippen molar-refractivity contribution in [2.75, 3.05) is 7.11 Å². The third-order valence-corrected chi connectivity index (χ3v) is 3.83. The molecule has 0 spiro atoms. The summed E-state index contributed by atoms with van der Waals surface area (Å²) in [6.45, 7) is 0. The van der Waals surface area contributed by atoms with Crippen LogP contribution in [-0.2, 0) is 0 Å². The summed E-state index contributed by atoms with van der Waals surface area (Å²) in [5, 5.41) is 11.0. The van der Waals surface area contributed by atoms with Gasteiger partial charge in [0.2, 0.25) is 5.88 Å². The number of hydrogen-bond acceptors (Lipinski definition) is 5. The number of ether oxygens (including phenoxy) is 1. The van der Waals surface area contributed by atoms with Crippen LogP contribution in [-0.4, -0.2) is 22.3 Å². The van der Waals surface area contributed by atoms with Gasteiger partial charge >= 0.3 is 0 Å². The largest absolute Gasteiger partial charge is 0.479 e. The highest BCUT2D eigenvalue weighted by molar-refractivity contribution is 7.13. The second-order valence-corrected chi connectivity index (χ2v) is 5.36. The molecular weight excluding hydrogens is 294 g/mol. The number of rotatable bonds is 3. The van der Waals surface area contributed by atoms with Crippen molar-refractivity contribution in [2.24, 2.45) is 0 Å². The second kappa shape index (κ2) is 5.56. The molecular formula is C14H10ClN3OS. The molecule has 20 heavy (non-hydrogen) atoms. The normalized spacial score (nSPS) is 10.5. The van der Waals surface area contributed by atoms with E-state index in [0.717, 1.165) is 10.4 Å². The van der Waals surface area contributed by atoms with Gasteiger partial charge in [0, 0.05) is 10.6 Å². The Morgan fingerprint density at radius 3 is 2.55 bits per heavy atom. The number of benzene rings is 1. The third kappa shape index (κ3) is 2.50. The SMILES string of the molecule is COc1nc(-c2cccs2)nnc1-c1ccc(Cl)cc1. The highest BCUT2D eigenvalue weighted by Crippen LogP contribution is 2.29. The Balaban J connectivity index is 2.06. The zero-order valence-corrected chi connectivity index (χ0v) is 12.1. The summed E-state index contributed by atoms with van der Waals surface area (Å²) in [6.07, 6.45) is 0. The van der Waals surface area contributed by atoms with Gasteiger partial charge in [-0.3, -0.25) is 0 Å². The van der Waals surface area contributed by atoms with Gasteiger partial charge in [-0.15, -0.1) is 21.5 Å². The molecule has 0 saturated carbocycles. The van der Waals surface area contributed by atoms with Crippen LogP contribution in [0.4, 0.5) is 0 Å². The van der Waals surface area contributed by atoms with Gasteiger partial charge in [-0.05, 0) is 23.6 Å². The van der Waals surface area contributed by atoms with Gasteiger partial charge in [-0.1, -0.05) is 29.8 Å². The minimum Gasteiger partial charge on any atom is -0.479 e. The molecule has 0 unspecified atom stereocenters. The molecule has 0 fully saturated rings. The number of aromatic nitrogens is 3. The fraction of sp³-hybridized carbons (Fsp3) is 0.0714. The zero-order chi connectivity index (χ0) is 13.9. The lowest BCUT2D eigenvalue weighted by molar-refractivity contribution is 0.396. The molecule has 0 saturated heterocycles. The predicted octanol–water partition coefficient (Wildman–Crippen LogP) is 3.93. The van der Waals surface area contributed by atoms with E-state index in [1.54, 1.807) is 30.6 Å². The van der Waals surface area contributed by atoms with E-state index in [-0.39, 0.29) is 0 Å². The molecule has 6 heteroatoms. The Bertz CT molecular complexity index is 714. The van der Waals surface area contributed by atoms with Crippen molar-refractivity contribution in [1.29, 1.82) is 0 Å². The van der Waals surface area contributed by atoms with Crippen LogP contribution in [0, 0.1) is 0 Å². The fourth-order valence-electron chi connectivity index (χ4n) is 1.75. The van der Waals surface area contributed by atoms with Crippen molar-refractivity contribution < 1.29 is 4.74 Å². The van der Waals surface area contributed by atoms with E-state index in [0.29, 0.717) is 22.4 Å². The van der Waals surface area contributed by atoms with Crippen LogP contribution in [0.1, 0.15) is 0 Å². The van der Waals surface area contributed by atoms with Crippen molar-refractivity contribution in [1.82, 2.24) is 15.2 Å². The molecule has 0 aliphatic heterocycles. The lowest BCUT2D eigenvalue weighted by Crippen LogP contribution is -1.99. The maximum atomic E-state index is 5.88. The third-order valence-electron chi connectivity index (χ3n) is 2.71. The molecule has 2 heterocycles. The maximum absolute atomic E-state index is 5.88. The van der Waals surface area contributed by atoms with Gasteiger partial charge in [-0.2, -0.15) is 4.98 Å². The summed E-state index contributed by atoms with van der Waals surface area (Å²) < 4.78 is 5.33. The number of nitrogens with zero attached hydrogens (tertiary/aromatic N) is 3. The Morgan fingerprint density at radius 2 is 1.90 bits per heavy atom. The summed E-state index contributed by atoms with van der Waals surface area (Å²) in [5.41, 5.74) is 1.47. The van der Waals surface area contributed by atoms with E-state index in [1.165, 1.54) is 0 Å². The van der Waals surface area contributed by atoms with Gasteiger partial charge in [0.25, 0.3) is 0 Å². The van der Waals surface area contributed by atoms with E-state index in [4.69, 9.17) is 16.3 Å². The standard InChI is InChI=1S/C14H10ClN3OS/c1-19-14-12(9-4-6-10(15)7-5-9)17-18-13(16-14)11-3-2-8-20-11/h2-8H,1H3. The Morgan fingerprint density at radius 1 is 1.10 bits per heavy atom. The first-order chi connectivity index (χ1) is 9.78. The van der Waals surface area contributed by atoms with E-state index < -0.39 is 0 Å². The summed E-state index contributed by atoms with van der Waals surface area (Å²) in [4.78, 5) is 5.37. The lowest BCUT2D eigenvalue weighted by atomic mass is 10.1. The van der Waals surface area contributed by atoms with Gasteiger partial charge in [0.05, 0.1) is 12.0 Å². The van der Waals surface area contributed by atoms with Crippen molar-refractivity contribution in [3.8, 4) is 27.8 Å². The smallest absolute Gasteiger partial charge is 0.244 e. The molecule has 3 aromatic rings. The maximum Gasteiger partial charge on any atom is 0.244 e. The molecule has 100 valence electrons. The van der Waals surface area contributed by atoms with Crippen LogP contribution in [0.5, 0.6) is 5.88 Å². The van der Waals surface area contributed by atoms with Crippen LogP contribution in [0.15, 0.2) is 41.8 Å². The average Bonchev–Trinajstić information content (AvgIpc) is 3.02. The Labute approximate surface area is 125 Å². The highest BCUT2D eigenvalue weighted by Gasteiger charge is 2.13. The number of hydrogen-bond donors (Lipinski definition) is 0. The molecule has 1 aromatic carbocycles. The van der Waals surface area contributed by atoms with Crippen molar-refractivity contribution >= 4 is 22.9 Å². The quantitative estimate of drug-likeness (QED) is 0.735. The molecule has 0 aliphatic rings. The number of methoxy groups -OCH3 is 1. The topological polar surface area (TPSA) is 47.9 Å². The van der Waals surface area contributed by atoms with Crippen molar-refractivity contribution in [3.05, 3.63) is 46.8 Å². The van der Waals surface area contributed by atoms with E-state index in [2.05, 4.69) is 15.2 Å². The molecule has 0 bridgehead atoms. The first-order valence-corrected chi connectivity index (χ1v) is 7.12. The minimum atomic E-state index is 0.450. The molecule has 0 amide bonds. The Hall–Kier alpha value is -1.98. The zero-order valence-electron chi connectivity index (χ0n) is 10.6. The predicted molar refractivity (Wildman–Crippen MR) is 80.1 cm³/mol. The van der Waals surface area contributed by atoms with Crippen LogP contribution >= 0.6 is 22.9 Å². The van der Waals surface area contributed by atoms with Gasteiger partial charge < -0.3 is 4.74 Å². The molecule has 0 aliphatic carbocycles. The van der Waals surface area contributed by atoms with Crippen molar-refractivity contribution in [2.45, 2.75) is 0 Å². The number of halogens is 1. The fourth-order valence-corrected chi connectivity index (χ4v) is 2.53. The molecule has 0 atom stereocenters. The van der Waals surface area contributed by atoms with Crippen LogP contribution < -0.4 is 4.74 Å². The van der Waals surface area contributed by atoms with Gasteiger partial charge in [-0.25, -0.2) is 0 Å². The summed E-state index contributed by atoms with van der Waals surface area (Å²) >= 11 is 7.44. The summed E-state index contributed by atoms with van der Waals surface area (Å²) in [5.74, 6) is 1.01. The molecule has 2 aromatic heterocycles. The van der Waals surface area contributed by atoms with Gasteiger partial charge in [0.15, 0.2) is 11.5 Å². The van der Waals surface area contributed by atoms with E-state index in [1.807, 2.05) is 29.6 Å². The molecule has 0 radical (unpaired) electrons. The van der Waals surface area contributed by atoms with Crippen LogP contribution in [0.2, 0.25) is 5.02 Å². The average molecular weight is 304 g/mol. The van der Waals surface area contributed by atoms with Crippen molar-refractivity contribution in [3.63, 3.8) is 0 Å². The molecule has 0 N–H and O–H groups in total. The van der Waals surface area contributed by atoms with E-state index in [9.17, 15) is 0 Å². The first-order valence-electron chi connectivity index (χ1n) is 5.86. The summed E-state index contributed by atoms with van der Waals surface area (Å²) in [6, 6.07) is 11.2. The highest BCUT2D eigenvalue weighted by atomic mass is 35.5. The van der Waals surface area contributed by atoms with Gasteiger partial charge in [0.1, 0.15) is 0 Å². The van der Waals surface area contributed by atoms with Crippen LogP contribution in [0.25, 0.3) is 22.0 Å². The minimum absolute atomic E-state index is 0.450. The molecule has 3 rings (SSSR count). The lowest BCUT2D eigenvalue weighted by Gasteiger charge is -2.07. The second-order valence-electron chi connectivity index (χ2n) is 3.98. The Kier molecular flexibility index (Phi) is 3.62. The first kappa shape index (κ1) is 13.0. The monoisotopic (exact) mass is 303 g/mol. The molecule has 4 nitrogen and oxygen atoms in total. The van der Waals surface area contributed by atoms with Crippen LogP contribution in [0.3, 0.4) is 0 Å².